The highest BCUT2D eigenvalue weighted by Gasteiger charge is 2.46. The van der Waals surface area contributed by atoms with Crippen molar-refractivity contribution in [3.8, 4) is 0 Å². The molecule has 0 aliphatic heterocycles. The van der Waals surface area contributed by atoms with E-state index in [0.717, 1.165) is 12.8 Å². The van der Waals surface area contributed by atoms with Gasteiger partial charge in [0.25, 0.3) is 0 Å². The third-order valence-corrected chi connectivity index (χ3v) is 3.05. The maximum Gasteiger partial charge on any atom is 0.235 e. The first-order chi connectivity index (χ1) is 6.69. The number of aliphatic imine (C=N–C) groups is 1. The summed E-state index contributed by atoms with van der Waals surface area (Å²) in [5.41, 5.74) is -0.148. The number of benzene rings is 1. The van der Waals surface area contributed by atoms with Crippen molar-refractivity contribution in [2.45, 2.75) is 18.4 Å². The summed E-state index contributed by atoms with van der Waals surface area (Å²) in [5.74, 6) is -0.330. The van der Waals surface area contributed by atoms with Gasteiger partial charge in [0.2, 0.25) is 6.08 Å². The monoisotopic (exact) mass is 255 g/mol. The fourth-order valence-corrected chi connectivity index (χ4v) is 1.88. The molecule has 1 saturated carbocycles. The Morgan fingerprint density at radius 2 is 2.21 bits per heavy atom. The van der Waals surface area contributed by atoms with Gasteiger partial charge in [-0.15, -0.1) is 0 Å². The van der Waals surface area contributed by atoms with Crippen molar-refractivity contribution in [3.63, 3.8) is 0 Å². The van der Waals surface area contributed by atoms with Gasteiger partial charge in [0.05, 0.1) is 4.47 Å². The highest BCUT2D eigenvalue weighted by Crippen LogP contribution is 2.50. The molecule has 2 rings (SSSR count). The maximum absolute atomic E-state index is 13.6. The molecule has 0 saturated heterocycles. The fraction of sp³-hybridized carbons (Fsp3) is 0.300. The lowest BCUT2D eigenvalue weighted by Crippen LogP contribution is -2.05. The molecule has 0 radical (unpaired) electrons. The number of hydrogen-bond acceptors (Lipinski definition) is 2. The van der Waals surface area contributed by atoms with E-state index in [2.05, 4.69) is 20.9 Å². The molecule has 0 heterocycles. The minimum absolute atomic E-state index is 0.330. The Morgan fingerprint density at radius 3 is 2.79 bits per heavy atom. The van der Waals surface area contributed by atoms with E-state index >= 15 is 0 Å². The van der Waals surface area contributed by atoms with Crippen LogP contribution >= 0.6 is 15.9 Å². The van der Waals surface area contributed by atoms with Gasteiger partial charge in [0.15, 0.2) is 0 Å². The fourth-order valence-electron chi connectivity index (χ4n) is 1.51. The molecular weight excluding hydrogens is 249 g/mol. The van der Waals surface area contributed by atoms with Crippen molar-refractivity contribution in [2.24, 2.45) is 4.99 Å². The number of nitrogens with zero attached hydrogens (tertiary/aromatic N) is 1. The van der Waals surface area contributed by atoms with Crippen LogP contribution in [0.4, 0.5) is 4.39 Å². The summed E-state index contributed by atoms with van der Waals surface area (Å²) in [6.45, 7) is 0. The Bertz CT molecular complexity index is 422. The Labute approximate surface area is 89.0 Å². The van der Waals surface area contributed by atoms with E-state index in [1.165, 1.54) is 6.08 Å². The van der Waals surface area contributed by atoms with E-state index in [9.17, 15) is 9.18 Å². The molecule has 1 aromatic rings. The van der Waals surface area contributed by atoms with Gasteiger partial charge in [-0.25, -0.2) is 9.18 Å². The summed E-state index contributed by atoms with van der Waals surface area (Å²) in [6, 6.07) is 5.02. The van der Waals surface area contributed by atoms with Crippen LogP contribution in [0.2, 0.25) is 0 Å². The topological polar surface area (TPSA) is 29.4 Å². The zero-order chi connectivity index (χ0) is 10.2. The van der Waals surface area contributed by atoms with E-state index < -0.39 is 5.54 Å². The third-order valence-electron chi connectivity index (χ3n) is 2.44. The van der Waals surface area contributed by atoms with Crippen LogP contribution in [0.1, 0.15) is 18.4 Å². The maximum atomic E-state index is 13.6. The van der Waals surface area contributed by atoms with Crippen LogP contribution in [0.3, 0.4) is 0 Å². The largest absolute Gasteiger partial charge is 0.235 e. The highest BCUT2D eigenvalue weighted by atomic mass is 79.9. The molecule has 0 amide bonds. The van der Waals surface area contributed by atoms with Gasteiger partial charge in [-0.2, -0.15) is 4.99 Å². The summed E-state index contributed by atoms with van der Waals surface area (Å²) in [4.78, 5) is 13.9. The molecule has 0 aromatic heterocycles. The number of isocyanates is 1. The van der Waals surface area contributed by atoms with Crippen molar-refractivity contribution in [3.05, 3.63) is 34.1 Å². The number of carbonyl (C=O) groups excluding carboxylic acids is 1. The smallest absolute Gasteiger partial charge is 0.211 e. The van der Waals surface area contributed by atoms with Crippen molar-refractivity contribution in [1.29, 1.82) is 0 Å². The molecule has 4 heteroatoms. The van der Waals surface area contributed by atoms with E-state index in [4.69, 9.17) is 0 Å². The second-order valence-corrected chi connectivity index (χ2v) is 4.19. The average molecular weight is 256 g/mol. The molecular formula is C10H7BrFNO. The summed E-state index contributed by atoms with van der Waals surface area (Å²) in [7, 11) is 0. The van der Waals surface area contributed by atoms with Gasteiger partial charge in [0, 0.05) is 5.56 Å². The Kier molecular flexibility index (Phi) is 2.25. The predicted molar refractivity (Wildman–Crippen MR) is 53.1 cm³/mol. The highest BCUT2D eigenvalue weighted by molar-refractivity contribution is 9.10. The zero-order valence-electron chi connectivity index (χ0n) is 7.26. The van der Waals surface area contributed by atoms with Gasteiger partial charge in [-0.05, 0) is 34.8 Å². The zero-order valence-corrected chi connectivity index (χ0v) is 8.84. The molecule has 14 heavy (non-hydrogen) atoms. The molecule has 0 unspecified atom stereocenters. The Balaban J connectivity index is 2.52. The van der Waals surface area contributed by atoms with Crippen LogP contribution in [0, 0.1) is 5.82 Å². The molecule has 0 spiro atoms. The van der Waals surface area contributed by atoms with Crippen molar-refractivity contribution in [1.82, 2.24) is 0 Å². The van der Waals surface area contributed by atoms with Crippen LogP contribution in [-0.2, 0) is 10.3 Å². The first kappa shape index (κ1) is 9.56. The lowest BCUT2D eigenvalue weighted by Gasteiger charge is -2.09. The number of halogens is 2. The first-order valence-electron chi connectivity index (χ1n) is 4.23. The lowest BCUT2D eigenvalue weighted by atomic mass is 10.1. The normalized spacial score (nSPS) is 17.3. The van der Waals surface area contributed by atoms with Gasteiger partial charge >= 0.3 is 0 Å². The molecule has 1 fully saturated rings. The SMILES string of the molecule is O=C=NC1(c2cccc(Br)c2F)CC1. The van der Waals surface area contributed by atoms with Gasteiger partial charge < -0.3 is 0 Å². The van der Waals surface area contributed by atoms with Gasteiger partial charge in [-0.3, -0.25) is 0 Å². The van der Waals surface area contributed by atoms with E-state index in [1.807, 2.05) is 0 Å². The summed E-state index contributed by atoms with van der Waals surface area (Å²) < 4.78 is 14.0. The molecule has 1 aromatic carbocycles. The Morgan fingerprint density at radius 1 is 1.50 bits per heavy atom. The average Bonchev–Trinajstić information content (AvgIpc) is 2.91. The van der Waals surface area contributed by atoms with E-state index in [0.29, 0.717) is 10.0 Å². The van der Waals surface area contributed by atoms with Crippen molar-refractivity contribution in [2.75, 3.05) is 0 Å². The molecule has 0 bridgehead atoms. The van der Waals surface area contributed by atoms with Crippen LogP contribution < -0.4 is 0 Å². The third kappa shape index (κ3) is 1.41. The second-order valence-electron chi connectivity index (χ2n) is 3.34. The number of rotatable bonds is 2. The minimum atomic E-state index is -0.629. The molecule has 1 aliphatic rings. The van der Waals surface area contributed by atoms with Crippen molar-refractivity contribution >= 4 is 22.0 Å². The van der Waals surface area contributed by atoms with Crippen LogP contribution in [0.15, 0.2) is 27.7 Å². The van der Waals surface area contributed by atoms with Crippen molar-refractivity contribution < 1.29 is 9.18 Å². The number of hydrogen-bond donors (Lipinski definition) is 0. The van der Waals surface area contributed by atoms with Crippen LogP contribution in [0.5, 0.6) is 0 Å². The van der Waals surface area contributed by atoms with E-state index in [1.54, 1.807) is 18.2 Å². The van der Waals surface area contributed by atoms with Gasteiger partial charge in [0.1, 0.15) is 11.4 Å². The summed E-state index contributed by atoms with van der Waals surface area (Å²) in [5, 5.41) is 0. The Hall–Kier alpha value is -0.990. The van der Waals surface area contributed by atoms with Crippen LogP contribution in [-0.4, -0.2) is 6.08 Å². The molecule has 72 valence electrons. The predicted octanol–water partition coefficient (Wildman–Crippen LogP) is 2.91. The molecule has 0 atom stereocenters. The summed E-state index contributed by atoms with van der Waals surface area (Å²) in [6.07, 6.45) is 2.94. The molecule has 0 N–H and O–H groups in total. The van der Waals surface area contributed by atoms with E-state index in [-0.39, 0.29) is 5.82 Å². The minimum Gasteiger partial charge on any atom is -0.211 e. The quantitative estimate of drug-likeness (QED) is 0.590. The lowest BCUT2D eigenvalue weighted by molar-refractivity contribution is 0.546. The summed E-state index contributed by atoms with van der Waals surface area (Å²) >= 11 is 3.10. The first-order valence-corrected chi connectivity index (χ1v) is 5.02. The second kappa shape index (κ2) is 3.30. The molecule has 1 aliphatic carbocycles. The standard InChI is InChI=1S/C10H7BrFNO/c11-8-3-1-2-7(9(8)12)10(4-5-10)13-6-14/h1-3H,4-5H2. The van der Waals surface area contributed by atoms with Crippen LogP contribution in [0.25, 0.3) is 0 Å². The van der Waals surface area contributed by atoms with Gasteiger partial charge in [-0.1, -0.05) is 12.1 Å². The molecule has 2 nitrogen and oxygen atoms in total.